The van der Waals surface area contributed by atoms with Gasteiger partial charge in [-0.05, 0) is 12.8 Å². The van der Waals surface area contributed by atoms with Gasteiger partial charge < -0.3 is 11.1 Å². The highest BCUT2D eigenvalue weighted by Gasteiger charge is 2.17. The van der Waals surface area contributed by atoms with Crippen molar-refractivity contribution in [2.75, 3.05) is 22.6 Å². The number of hydrogen-bond acceptors (Lipinski definition) is 5. The van der Waals surface area contributed by atoms with Crippen molar-refractivity contribution in [1.29, 1.82) is 0 Å². The highest BCUT2D eigenvalue weighted by Crippen LogP contribution is 2.15. The molecular formula is C9H14N4OS. The number of hydrogen-bond donors (Lipinski definition) is 2. The van der Waals surface area contributed by atoms with Gasteiger partial charge in [-0.15, -0.1) is 0 Å². The lowest BCUT2D eigenvalue weighted by atomic mass is 10.1. The zero-order chi connectivity index (χ0) is 10.7. The molecule has 2 heterocycles. The summed E-state index contributed by atoms with van der Waals surface area (Å²) >= 11 is 0. The molecule has 0 spiro atoms. The van der Waals surface area contributed by atoms with Gasteiger partial charge in [0.1, 0.15) is 18.0 Å². The maximum absolute atomic E-state index is 11.2. The first kappa shape index (κ1) is 10.4. The molecule has 5 nitrogen and oxygen atoms in total. The molecule has 0 aliphatic carbocycles. The summed E-state index contributed by atoms with van der Waals surface area (Å²) in [6.07, 6.45) is 3.30. The second-order valence-electron chi connectivity index (χ2n) is 3.59. The van der Waals surface area contributed by atoms with Crippen LogP contribution in [0.25, 0.3) is 0 Å². The molecule has 15 heavy (non-hydrogen) atoms. The van der Waals surface area contributed by atoms with Crippen LogP contribution in [0.4, 0.5) is 11.6 Å². The fourth-order valence-electron chi connectivity index (χ4n) is 1.60. The predicted molar refractivity (Wildman–Crippen MR) is 61.0 cm³/mol. The third-order valence-corrected chi connectivity index (χ3v) is 3.81. The van der Waals surface area contributed by atoms with Crippen LogP contribution in [0.5, 0.6) is 0 Å². The number of nitrogen functional groups attached to an aromatic ring is 1. The summed E-state index contributed by atoms with van der Waals surface area (Å²) in [6, 6.07) is 2.07. The monoisotopic (exact) mass is 226 g/mol. The maximum atomic E-state index is 11.2. The number of anilines is 2. The molecule has 0 unspecified atom stereocenters. The molecular weight excluding hydrogens is 212 g/mol. The molecule has 1 aromatic heterocycles. The van der Waals surface area contributed by atoms with E-state index in [1.165, 1.54) is 6.33 Å². The van der Waals surface area contributed by atoms with Crippen LogP contribution in [-0.4, -0.2) is 31.7 Å². The molecule has 3 N–H and O–H groups in total. The molecule has 1 fully saturated rings. The molecule has 1 saturated heterocycles. The summed E-state index contributed by atoms with van der Waals surface area (Å²) < 4.78 is 11.2. The molecule has 0 aromatic carbocycles. The Morgan fingerprint density at radius 1 is 1.40 bits per heavy atom. The minimum atomic E-state index is -0.621. The fraction of sp³-hybridized carbons (Fsp3) is 0.556. The Bertz CT molecular complexity index is 361. The van der Waals surface area contributed by atoms with Crippen LogP contribution in [0.15, 0.2) is 12.4 Å². The largest absolute Gasteiger partial charge is 0.384 e. The zero-order valence-corrected chi connectivity index (χ0v) is 9.17. The summed E-state index contributed by atoms with van der Waals surface area (Å²) in [4.78, 5) is 7.90. The van der Waals surface area contributed by atoms with Crippen LogP contribution in [0.2, 0.25) is 0 Å². The van der Waals surface area contributed by atoms with Crippen molar-refractivity contribution in [1.82, 2.24) is 9.97 Å². The van der Waals surface area contributed by atoms with Gasteiger partial charge in [0.2, 0.25) is 0 Å². The van der Waals surface area contributed by atoms with Gasteiger partial charge in [0.25, 0.3) is 0 Å². The van der Waals surface area contributed by atoms with Gasteiger partial charge in [-0.25, -0.2) is 9.97 Å². The second kappa shape index (κ2) is 4.57. The Balaban J connectivity index is 1.94. The molecule has 2 rings (SSSR count). The van der Waals surface area contributed by atoms with Crippen molar-refractivity contribution in [3.05, 3.63) is 12.4 Å². The van der Waals surface area contributed by atoms with Gasteiger partial charge in [0.15, 0.2) is 0 Å². The standard InChI is InChI=1S/C9H14N4OS/c10-8-5-9(12-6-11-8)13-7-1-3-15(14)4-2-7/h5-7H,1-4H2,(H3,10,11,12,13). The summed E-state index contributed by atoms with van der Waals surface area (Å²) in [5, 5.41) is 3.28. The smallest absolute Gasteiger partial charge is 0.131 e. The summed E-state index contributed by atoms with van der Waals surface area (Å²) in [6.45, 7) is 0. The first-order valence-electron chi connectivity index (χ1n) is 4.93. The number of nitrogens with two attached hydrogens (primary N) is 1. The predicted octanol–water partition coefficient (Wildman–Crippen LogP) is 0.382. The molecule has 0 saturated carbocycles. The van der Waals surface area contributed by atoms with E-state index in [9.17, 15) is 4.21 Å². The maximum Gasteiger partial charge on any atom is 0.131 e. The van der Waals surface area contributed by atoms with Crippen molar-refractivity contribution in [2.24, 2.45) is 0 Å². The van der Waals surface area contributed by atoms with Gasteiger partial charge in [0.05, 0.1) is 0 Å². The minimum absolute atomic E-state index is 0.358. The number of nitrogens with one attached hydrogen (secondary N) is 1. The van der Waals surface area contributed by atoms with Gasteiger partial charge in [0, 0.05) is 34.4 Å². The quantitative estimate of drug-likeness (QED) is 0.762. The van der Waals surface area contributed by atoms with E-state index in [1.807, 2.05) is 0 Å². The normalized spacial score (nSPS) is 26.1. The van der Waals surface area contributed by atoms with Crippen molar-refractivity contribution in [2.45, 2.75) is 18.9 Å². The average molecular weight is 226 g/mol. The number of aromatic nitrogens is 2. The van der Waals surface area contributed by atoms with E-state index >= 15 is 0 Å². The van der Waals surface area contributed by atoms with E-state index in [2.05, 4.69) is 15.3 Å². The Hall–Kier alpha value is -1.17. The van der Waals surface area contributed by atoms with Crippen LogP contribution in [0.1, 0.15) is 12.8 Å². The van der Waals surface area contributed by atoms with Gasteiger partial charge in [-0.3, -0.25) is 4.21 Å². The van der Waals surface area contributed by atoms with Crippen molar-refractivity contribution in [3.63, 3.8) is 0 Å². The van der Waals surface area contributed by atoms with Crippen LogP contribution < -0.4 is 11.1 Å². The van der Waals surface area contributed by atoms with Crippen LogP contribution in [0, 0.1) is 0 Å². The Labute approximate surface area is 91.0 Å². The summed E-state index contributed by atoms with van der Waals surface area (Å²) in [5.41, 5.74) is 5.55. The van der Waals surface area contributed by atoms with Gasteiger partial charge in [-0.2, -0.15) is 0 Å². The van der Waals surface area contributed by atoms with Crippen LogP contribution >= 0.6 is 0 Å². The van der Waals surface area contributed by atoms with Crippen molar-refractivity contribution in [3.8, 4) is 0 Å². The second-order valence-corrected chi connectivity index (χ2v) is 5.29. The van der Waals surface area contributed by atoms with Gasteiger partial charge >= 0.3 is 0 Å². The highest BCUT2D eigenvalue weighted by atomic mass is 32.2. The van der Waals surface area contributed by atoms with Crippen molar-refractivity contribution >= 4 is 22.4 Å². The van der Waals surface area contributed by atoms with E-state index in [0.29, 0.717) is 11.9 Å². The Morgan fingerprint density at radius 3 is 2.80 bits per heavy atom. The molecule has 0 amide bonds. The fourth-order valence-corrected chi connectivity index (χ4v) is 2.90. The third kappa shape index (κ3) is 2.89. The lowest BCUT2D eigenvalue weighted by molar-refractivity contribution is 0.622. The number of rotatable bonds is 2. The van der Waals surface area contributed by atoms with Crippen molar-refractivity contribution < 1.29 is 4.21 Å². The van der Waals surface area contributed by atoms with Gasteiger partial charge in [-0.1, -0.05) is 0 Å². The Morgan fingerprint density at radius 2 is 2.13 bits per heavy atom. The molecule has 0 radical (unpaired) electrons. The minimum Gasteiger partial charge on any atom is -0.384 e. The average Bonchev–Trinajstić information content (AvgIpc) is 2.22. The van der Waals surface area contributed by atoms with E-state index < -0.39 is 10.8 Å². The first-order chi connectivity index (χ1) is 7.24. The molecule has 82 valence electrons. The summed E-state index contributed by atoms with van der Waals surface area (Å²) in [5.74, 6) is 2.77. The lowest BCUT2D eigenvalue weighted by Gasteiger charge is -2.22. The lowest BCUT2D eigenvalue weighted by Crippen LogP contribution is -2.29. The number of nitrogens with zero attached hydrogens (tertiary/aromatic N) is 2. The van der Waals surface area contributed by atoms with E-state index in [0.717, 1.165) is 30.2 Å². The van der Waals surface area contributed by atoms with Crippen LogP contribution in [-0.2, 0) is 10.8 Å². The van der Waals surface area contributed by atoms with Crippen LogP contribution in [0.3, 0.4) is 0 Å². The Kier molecular flexibility index (Phi) is 3.15. The molecule has 1 aliphatic heterocycles. The third-order valence-electron chi connectivity index (χ3n) is 2.43. The molecule has 6 heteroatoms. The molecule has 1 aliphatic rings. The van der Waals surface area contributed by atoms with E-state index in [1.54, 1.807) is 6.07 Å². The SMILES string of the molecule is Nc1cc(NC2CCS(=O)CC2)ncn1. The highest BCUT2D eigenvalue weighted by molar-refractivity contribution is 7.85. The summed E-state index contributed by atoms with van der Waals surface area (Å²) in [7, 11) is -0.621. The molecule has 1 aromatic rings. The molecule has 0 atom stereocenters. The van der Waals surface area contributed by atoms with E-state index in [-0.39, 0.29) is 0 Å². The zero-order valence-electron chi connectivity index (χ0n) is 8.35. The molecule has 0 bridgehead atoms. The first-order valence-corrected chi connectivity index (χ1v) is 6.42. The topological polar surface area (TPSA) is 80.9 Å². The van der Waals surface area contributed by atoms with E-state index in [4.69, 9.17) is 5.73 Å².